The molecular formula is C12H12O2. The van der Waals surface area contributed by atoms with Crippen LogP contribution in [0.4, 0.5) is 0 Å². The number of carbonyl (C=O) groups is 1. The first kappa shape index (κ1) is 8.04. The maximum atomic E-state index is 11.6. The van der Waals surface area contributed by atoms with Crippen molar-refractivity contribution in [2.75, 3.05) is 0 Å². The first-order valence-electron chi connectivity index (χ1n) is 5.06. The predicted molar refractivity (Wildman–Crippen MR) is 52.1 cm³/mol. The SMILES string of the molecule is CC12CCCc3cccc(c31)C(=O)O2. The largest absolute Gasteiger partial charge is 0.451 e. The molecule has 2 nitrogen and oxygen atoms in total. The van der Waals surface area contributed by atoms with Crippen LogP contribution in [0.1, 0.15) is 41.3 Å². The molecule has 1 heterocycles. The van der Waals surface area contributed by atoms with E-state index >= 15 is 0 Å². The van der Waals surface area contributed by atoms with Crippen LogP contribution in [0.2, 0.25) is 0 Å². The molecule has 0 aromatic heterocycles. The molecule has 2 heteroatoms. The van der Waals surface area contributed by atoms with Crippen molar-refractivity contribution in [2.24, 2.45) is 0 Å². The number of esters is 1. The molecule has 0 amide bonds. The van der Waals surface area contributed by atoms with E-state index in [2.05, 4.69) is 6.07 Å². The highest BCUT2D eigenvalue weighted by Crippen LogP contribution is 2.45. The number of carbonyl (C=O) groups excluding carboxylic acids is 1. The second kappa shape index (κ2) is 2.38. The molecule has 0 N–H and O–H groups in total. The predicted octanol–water partition coefficient (Wildman–Crippen LogP) is 2.41. The Labute approximate surface area is 82.9 Å². The summed E-state index contributed by atoms with van der Waals surface area (Å²) in [5.74, 6) is -0.147. The fourth-order valence-electron chi connectivity index (χ4n) is 2.71. The molecule has 1 atom stereocenters. The van der Waals surface area contributed by atoms with Crippen LogP contribution < -0.4 is 0 Å². The molecular weight excluding hydrogens is 176 g/mol. The number of aryl methyl sites for hydroxylation is 1. The Morgan fingerprint density at radius 2 is 2.29 bits per heavy atom. The summed E-state index contributed by atoms with van der Waals surface area (Å²) in [6.45, 7) is 2.03. The van der Waals surface area contributed by atoms with Crippen LogP contribution >= 0.6 is 0 Å². The lowest BCUT2D eigenvalue weighted by molar-refractivity contribution is -0.00646. The summed E-state index contributed by atoms with van der Waals surface area (Å²) in [6.07, 6.45) is 3.15. The van der Waals surface area contributed by atoms with Crippen molar-refractivity contribution in [1.29, 1.82) is 0 Å². The zero-order chi connectivity index (χ0) is 9.76. The normalized spacial score (nSPS) is 28.5. The van der Waals surface area contributed by atoms with E-state index in [9.17, 15) is 4.79 Å². The molecule has 0 bridgehead atoms. The van der Waals surface area contributed by atoms with Crippen LogP contribution in [0.15, 0.2) is 18.2 Å². The van der Waals surface area contributed by atoms with Crippen molar-refractivity contribution in [1.82, 2.24) is 0 Å². The van der Waals surface area contributed by atoms with Crippen molar-refractivity contribution >= 4 is 5.97 Å². The molecule has 1 unspecified atom stereocenters. The van der Waals surface area contributed by atoms with Crippen LogP contribution in [-0.2, 0) is 16.8 Å². The lowest BCUT2D eigenvalue weighted by Gasteiger charge is -2.29. The van der Waals surface area contributed by atoms with Gasteiger partial charge < -0.3 is 4.74 Å². The minimum Gasteiger partial charge on any atom is -0.451 e. The summed E-state index contributed by atoms with van der Waals surface area (Å²) >= 11 is 0. The van der Waals surface area contributed by atoms with Gasteiger partial charge in [0.15, 0.2) is 0 Å². The van der Waals surface area contributed by atoms with E-state index < -0.39 is 0 Å². The van der Waals surface area contributed by atoms with Gasteiger partial charge in [-0.05, 0) is 37.8 Å². The lowest BCUT2D eigenvalue weighted by Crippen LogP contribution is -2.26. The fraction of sp³-hybridized carbons (Fsp3) is 0.417. The Bertz CT molecular complexity index is 422. The molecule has 72 valence electrons. The van der Waals surface area contributed by atoms with Gasteiger partial charge in [0, 0.05) is 5.56 Å². The van der Waals surface area contributed by atoms with Gasteiger partial charge in [0.2, 0.25) is 0 Å². The maximum absolute atomic E-state index is 11.6. The average molecular weight is 188 g/mol. The molecule has 1 aromatic carbocycles. The van der Waals surface area contributed by atoms with Crippen LogP contribution in [0.5, 0.6) is 0 Å². The van der Waals surface area contributed by atoms with E-state index in [0.29, 0.717) is 0 Å². The van der Waals surface area contributed by atoms with Gasteiger partial charge in [-0.2, -0.15) is 0 Å². The number of benzene rings is 1. The van der Waals surface area contributed by atoms with Crippen molar-refractivity contribution < 1.29 is 9.53 Å². The lowest BCUT2D eigenvalue weighted by atomic mass is 9.79. The van der Waals surface area contributed by atoms with Crippen molar-refractivity contribution in [3.05, 3.63) is 34.9 Å². The Morgan fingerprint density at radius 3 is 3.14 bits per heavy atom. The minimum atomic E-state index is -0.332. The van der Waals surface area contributed by atoms with Gasteiger partial charge in [-0.15, -0.1) is 0 Å². The number of hydrogen-bond donors (Lipinski definition) is 0. The second-order valence-electron chi connectivity index (χ2n) is 4.31. The van der Waals surface area contributed by atoms with Gasteiger partial charge >= 0.3 is 5.97 Å². The summed E-state index contributed by atoms with van der Waals surface area (Å²) in [6, 6.07) is 5.93. The monoisotopic (exact) mass is 188 g/mol. The third-order valence-electron chi connectivity index (χ3n) is 3.32. The molecule has 0 saturated heterocycles. The summed E-state index contributed by atoms with van der Waals surface area (Å²) in [5, 5.41) is 0. The third-order valence-corrected chi connectivity index (χ3v) is 3.32. The summed E-state index contributed by atoms with van der Waals surface area (Å²) in [5.41, 5.74) is 2.89. The topological polar surface area (TPSA) is 26.3 Å². The molecule has 14 heavy (non-hydrogen) atoms. The number of rotatable bonds is 0. The first-order chi connectivity index (χ1) is 6.71. The summed E-state index contributed by atoms with van der Waals surface area (Å²) in [4.78, 5) is 11.6. The molecule has 3 rings (SSSR count). The molecule has 1 aromatic rings. The Kier molecular flexibility index (Phi) is 1.37. The molecule has 0 fully saturated rings. The Hall–Kier alpha value is -1.31. The second-order valence-corrected chi connectivity index (χ2v) is 4.31. The van der Waals surface area contributed by atoms with E-state index in [4.69, 9.17) is 4.74 Å². The molecule has 2 aliphatic rings. The van der Waals surface area contributed by atoms with E-state index in [1.807, 2.05) is 19.1 Å². The quantitative estimate of drug-likeness (QED) is 0.584. The fourth-order valence-corrected chi connectivity index (χ4v) is 2.71. The van der Waals surface area contributed by atoms with Gasteiger partial charge in [0.1, 0.15) is 5.60 Å². The van der Waals surface area contributed by atoms with Crippen LogP contribution in [0.3, 0.4) is 0 Å². The standard InChI is InChI=1S/C12H12O2/c1-12-7-3-5-8-4-2-6-9(10(8)12)11(13)14-12/h2,4,6H,3,5,7H2,1H3. The molecule has 1 aliphatic carbocycles. The Balaban J connectivity index is 2.33. The zero-order valence-electron chi connectivity index (χ0n) is 8.17. The highest BCUT2D eigenvalue weighted by atomic mass is 16.6. The van der Waals surface area contributed by atoms with Crippen LogP contribution in [-0.4, -0.2) is 5.97 Å². The van der Waals surface area contributed by atoms with E-state index in [1.165, 1.54) is 5.56 Å². The third kappa shape index (κ3) is 0.834. The smallest absolute Gasteiger partial charge is 0.339 e. The van der Waals surface area contributed by atoms with Crippen LogP contribution in [0.25, 0.3) is 0 Å². The maximum Gasteiger partial charge on any atom is 0.339 e. The van der Waals surface area contributed by atoms with Crippen LogP contribution in [0, 0.1) is 0 Å². The number of hydrogen-bond acceptors (Lipinski definition) is 2. The highest BCUT2D eigenvalue weighted by Gasteiger charge is 2.44. The van der Waals surface area contributed by atoms with E-state index in [0.717, 1.165) is 30.4 Å². The Morgan fingerprint density at radius 1 is 1.43 bits per heavy atom. The molecule has 0 radical (unpaired) electrons. The van der Waals surface area contributed by atoms with Crippen molar-refractivity contribution in [2.45, 2.75) is 31.8 Å². The van der Waals surface area contributed by atoms with Gasteiger partial charge in [-0.3, -0.25) is 0 Å². The van der Waals surface area contributed by atoms with Gasteiger partial charge in [-0.1, -0.05) is 12.1 Å². The van der Waals surface area contributed by atoms with Gasteiger partial charge in [0.25, 0.3) is 0 Å². The average Bonchev–Trinajstić information content (AvgIpc) is 2.41. The number of ether oxygens (including phenoxy) is 1. The van der Waals surface area contributed by atoms with Gasteiger partial charge in [-0.25, -0.2) is 4.79 Å². The summed E-state index contributed by atoms with van der Waals surface area (Å²) in [7, 11) is 0. The van der Waals surface area contributed by atoms with E-state index in [-0.39, 0.29) is 11.6 Å². The highest BCUT2D eigenvalue weighted by molar-refractivity contribution is 5.95. The van der Waals surface area contributed by atoms with Gasteiger partial charge in [0.05, 0.1) is 5.56 Å². The van der Waals surface area contributed by atoms with Crippen molar-refractivity contribution in [3.8, 4) is 0 Å². The molecule has 0 saturated carbocycles. The molecule has 1 aliphatic heterocycles. The molecule has 0 spiro atoms. The summed E-state index contributed by atoms with van der Waals surface area (Å²) < 4.78 is 5.46. The zero-order valence-corrected chi connectivity index (χ0v) is 8.17. The van der Waals surface area contributed by atoms with Crippen molar-refractivity contribution in [3.63, 3.8) is 0 Å². The van der Waals surface area contributed by atoms with E-state index in [1.54, 1.807) is 0 Å². The first-order valence-corrected chi connectivity index (χ1v) is 5.06. The minimum absolute atomic E-state index is 0.147.